The fourth-order valence-electron chi connectivity index (χ4n) is 7.39. The maximum Gasteiger partial charge on any atom is 0.184 e. The summed E-state index contributed by atoms with van der Waals surface area (Å²) in [5.41, 5.74) is -1.16. The van der Waals surface area contributed by atoms with Gasteiger partial charge in [0.25, 0.3) is 0 Å². The van der Waals surface area contributed by atoms with Crippen LogP contribution in [0.1, 0.15) is 115 Å². The summed E-state index contributed by atoms with van der Waals surface area (Å²) in [5.74, 6) is -1.12. The molecule has 1 N–H and O–H groups in total. The lowest BCUT2D eigenvalue weighted by molar-refractivity contribution is -0.178. The van der Waals surface area contributed by atoms with E-state index in [9.17, 15) is 9.90 Å². The van der Waals surface area contributed by atoms with Gasteiger partial charge >= 0.3 is 0 Å². The highest BCUT2D eigenvalue weighted by Crippen LogP contribution is 2.70. The predicted molar refractivity (Wildman–Crippen MR) is 161 cm³/mol. The van der Waals surface area contributed by atoms with E-state index in [0.717, 1.165) is 5.57 Å². The minimum Gasteiger partial charge on any atom is -0.490 e. The fraction of sp³-hybridized carbons (Fsp3) is 0.686. The molecule has 2 fully saturated rings. The molecule has 1 heterocycles. The van der Waals surface area contributed by atoms with E-state index < -0.39 is 33.9 Å². The Morgan fingerprint density at radius 2 is 1.57 bits per heavy atom. The minimum absolute atomic E-state index is 0.0959. The number of hydrogen-bond donors (Lipinski definition) is 1. The van der Waals surface area contributed by atoms with Crippen molar-refractivity contribution in [3.05, 3.63) is 46.3 Å². The highest BCUT2D eigenvalue weighted by atomic mass is 16.5. The van der Waals surface area contributed by atoms with Crippen molar-refractivity contribution >= 4 is 17.3 Å². The fourth-order valence-corrected chi connectivity index (χ4v) is 7.39. The van der Waals surface area contributed by atoms with Gasteiger partial charge in [0.1, 0.15) is 11.9 Å². The normalized spacial score (nSPS) is 31.5. The Morgan fingerprint density at radius 3 is 2.08 bits per heavy atom. The molecular weight excluding hydrogens is 500 g/mol. The third-order valence-corrected chi connectivity index (χ3v) is 9.67. The standard InChI is InChI=1S/C35H52O5/c1-21(2)13-12-18-33(11)25(16-14-22(3)4)19-34-20-27(32(9,10)39)40-30(34)26(17-15-23(5)6)29(37)35(33,31(34)38)28(36)24(7)8/h13-15,24-25,27,39H,12,16-20H2,1-11H3/t25-,27-,33+,34-,35+/m0/s1. The Labute approximate surface area is 242 Å². The van der Waals surface area contributed by atoms with E-state index in [2.05, 4.69) is 26.0 Å². The molecule has 40 heavy (non-hydrogen) atoms. The van der Waals surface area contributed by atoms with Gasteiger partial charge in [0.15, 0.2) is 22.8 Å². The van der Waals surface area contributed by atoms with Crippen LogP contribution in [0.5, 0.6) is 0 Å². The molecule has 0 aromatic carbocycles. The molecule has 0 aromatic rings. The maximum atomic E-state index is 15.2. The van der Waals surface area contributed by atoms with Gasteiger partial charge in [-0.1, -0.05) is 55.7 Å². The molecule has 3 aliphatic rings. The number of ether oxygens (including phenoxy) is 1. The Hall–Kier alpha value is -2.27. The summed E-state index contributed by atoms with van der Waals surface area (Å²) in [7, 11) is 0. The molecule has 5 atom stereocenters. The Balaban J connectivity index is 2.45. The molecule has 0 aromatic heterocycles. The molecule has 1 saturated heterocycles. The summed E-state index contributed by atoms with van der Waals surface area (Å²) in [6.07, 6.45) is 8.67. The summed E-state index contributed by atoms with van der Waals surface area (Å²) >= 11 is 0. The number of rotatable bonds is 10. The Bertz CT molecular complexity index is 1180. The van der Waals surface area contributed by atoms with E-state index >= 15 is 9.59 Å². The Morgan fingerprint density at radius 1 is 1.00 bits per heavy atom. The molecule has 2 aliphatic carbocycles. The number of aliphatic hydroxyl groups is 1. The lowest BCUT2D eigenvalue weighted by Gasteiger charge is -2.60. The summed E-state index contributed by atoms with van der Waals surface area (Å²) in [6.45, 7) is 21.2. The van der Waals surface area contributed by atoms with Crippen LogP contribution in [0.15, 0.2) is 46.3 Å². The van der Waals surface area contributed by atoms with Crippen molar-refractivity contribution in [3.63, 3.8) is 0 Å². The number of carbonyl (C=O) groups is 3. The van der Waals surface area contributed by atoms with Crippen LogP contribution >= 0.6 is 0 Å². The summed E-state index contributed by atoms with van der Waals surface area (Å²) in [4.78, 5) is 44.8. The van der Waals surface area contributed by atoms with Gasteiger partial charge in [0, 0.05) is 17.9 Å². The van der Waals surface area contributed by atoms with Gasteiger partial charge in [0.2, 0.25) is 0 Å². The number of hydrogen-bond acceptors (Lipinski definition) is 5. The van der Waals surface area contributed by atoms with Crippen LogP contribution in [0.25, 0.3) is 0 Å². The summed E-state index contributed by atoms with van der Waals surface area (Å²) in [5, 5.41) is 11.1. The van der Waals surface area contributed by atoms with Gasteiger partial charge in [-0.15, -0.1) is 0 Å². The lowest BCUT2D eigenvalue weighted by atomic mass is 9.38. The SMILES string of the molecule is CC(C)=CCC[C@]1(C)[C@@H](CC=C(C)C)C[C@]23C[C@@H](C(C)(C)O)OC2=C(CC=C(C)C)C(=O)[C@]1(C(=O)C(C)C)C3=O. The highest BCUT2D eigenvalue weighted by Gasteiger charge is 2.78. The molecule has 5 nitrogen and oxygen atoms in total. The second-order valence-electron chi connectivity index (χ2n) is 14.4. The van der Waals surface area contributed by atoms with Crippen LogP contribution in [-0.4, -0.2) is 34.2 Å². The van der Waals surface area contributed by atoms with E-state index in [1.54, 1.807) is 27.7 Å². The van der Waals surface area contributed by atoms with Crippen molar-refractivity contribution in [2.75, 3.05) is 0 Å². The van der Waals surface area contributed by atoms with Crippen LogP contribution in [-0.2, 0) is 19.1 Å². The molecule has 222 valence electrons. The first-order valence-corrected chi connectivity index (χ1v) is 15.0. The summed E-state index contributed by atoms with van der Waals surface area (Å²) in [6, 6.07) is 0. The smallest absolute Gasteiger partial charge is 0.184 e. The Kier molecular flexibility index (Phi) is 9.02. The molecule has 1 spiro atoms. The minimum atomic E-state index is -1.79. The zero-order valence-electron chi connectivity index (χ0n) is 26.8. The van der Waals surface area contributed by atoms with Crippen molar-refractivity contribution in [1.82, 2.24) is 0 Å². The van der Waals surface area contributed by atoms with Crippen molar-refractivity contribution in [3.8, 4) is 0 Å². The lowest BCUT2D eigenvalue weighted by Crippen LogP contribution is -2.70. The third-order valence-electron chi connectivity index (χ3n) is 9.67. The zero-order valence-corrected chi connectivity index (χ0v) is 26.8. The second kappa shape index (κ2) is 11.2. The molecule has 0 radical (unpaired) electrons. The van der Waals surface area contributed by atoms with Crippen molar-refractivity contribution in [1.29, 1.82) is 0 Å². The second-order valence-corrected chi connectivity index (χ2v) is 14.4. The van der Waals surface area contributed by atoms with Crippen LogP contribution in [0.4, 0.5) is 0 Å². The number of ketones is 3. The third kappa shape index (κ3) is 5.12. The van der Waals surface area contributed by atoms with Crippen LogP contribution < -0.4 is 0 Å². The van der Waals surface area contributed by atoms with Crippen molar-refractivity contribution in [2.45, 2.75) is 126 Å². The van der Waals surface area contributed by atoms with Gasteiger partial charge in [0.05, 0.1) is 11.0 Å². The molecule has 1 aliphatic heterocycles. The monoisotopic (exact) mass is 552 g/mol. The molecule has 2 bridgehead atoms. The molecule has 3 rings (SSSR count). The van der Waals surface area contributed by atoms with Gasteiger partial charge in [-0.2, -0.15) is 0 Å². The number of fused-ring (bicyclic) bond motifs is 1. The highest BCUT2D eigenvalue weighted by molar-refractivity contribution is 6.33. The topological polar surface area (TPSA) is 80.7 Å². The average Bonchev–Trinajstić information content (AvgIpc) is 3.21. The predicted octanol–water partition coefficient (Wildman–Crippen LogP) is 7.64. The zero-order chi connectivity index (χ0) is 30.4. The van der Waals surface area contributed by atoms with Gasteiger partial charge in [-0.05, 0) is 98.8 Å². The van der Waals surface area contributed by atoms with Crippen molar-refractivity contribution in [2.24, 2.45) is 28.1 Å². The largest absolute Gasteiger partial charge is 0.490 e. The molecule has 0 amide bonds. The van der Waals surface area contributed by atoms with E-state index in [1.165, 1.54) is 11.1 Å². The first-order valence-electron chi connectivity index (χ1n) is 15.0. The molecule has 0 unspecified atom stereocenters. The van der Waals surface area contributed by atoms with Crippen LogP contribution in [0.2, 0.25) is 0 Å². The average molecular weight is 553 g/mol. The van der Waals surface area contributed by atoms with Gasteiger partial charge in [-0.25, -0.2) is 0 Å². The van der Waals surface area contributed by atoms with Crippen molar-refractivity contribution < 1.29 is 24.2 Å². The molecule has 1 saturated carbocycles. The first kappa shape index (κ1) is 32.2. The molecular formula is C35H52O5. The number of Topliss-reactive ketones (excluding diaryl/α,β-unsaturated/α-hetero) is 3. The van der Waals surface area contributed by atoms with E-state index in [0.29, 0.717) is 43.4 Å². The molecule has 5 heteroatoms. The maximum absolute atomic E-state index is 15.2. The van der Waals surface area contributed by atoms with E-state index in [1.807, 2.05) is 40.7 Å². The van der Waals surface area contributed by atoms with Gasteiger partial charge < -0.3 is 9.84 Å². The van der Waals surface area contributed by atoms with Crippen LogP contribution in [0.3, 0.4) is 0 Å². The van der Waals surface area contributed by atoms with E-state index in [-0.39, 0.29) is 29.7 Å². The number of carbonyl (C=O) groups excluding carboxylic acids is 3. The summed E-state index contributed by atoms with van der Waals surface area (Å²) < 4.78 is 6.45. The quantitative estimate of drug-likeness (QED) is 0.223. The van der Waals surface area contributed by atoms with Crippen LogP contribution in [0, 0.1) is 28.1 Å². The van der Waals surface area contributed by atoms with Gasteiger partial charge in [-0.3, -0.25) is 14.4 Å². The van der Waals surface area contributed by atoms with E-state index in [4.69, 9.17) is 4.74 Å². The first-order chi connectivity index (χ1) is 18.4. The number of allylic oxidation sites excluding steroid dienone is 8.